The number of hydrogen-bond acceptors (Lipinski definition) is 4. The Morgan fingerprint density at radius 1 is 1.08 bits per heavy atom. The van der Waals surface area contributed by atoms with Crippen LogP contribution < -0.4 is 10.2 Å². The van der Waals surface area contributed by atoms with Crippen molar-refractivity contribution in [2.75, 3.05) is 19.0 Å². The molecule has 0 aliphatic rings. The summed E-state index contributed by atoms with van der Waals surface area (Å²) in [5.41, 5.74) is 4.43. The Morgan fingerprint density at radius 3 is 2.72 bits per heavy atom. The van der Waals surface area contributed by atoms with Crippen LogP contribution in [0.4, 0.5) is 5.69 Å². The molecular formula is C20H20N4O. The number of carbonyl (C=O) groups excluding carboxylic acids is 1. The number of pyridine rings is 2. The Hall–Kier alpha value is -3.21. The molecule has 0 spiro atoms. The Bertz CT molecular complexity index is 862. The number of carbonyl (C=O) groups is 1. The van der Waals surface area contributed by atoms with Crippen LogP contribution >= 0.6 is 0 Å². The quantitative estimate of drug-likeness (QED) is 0.780. The molecule has 0 saturated carbocycles. The SMILES string of the molecule is CN(C)c1cccc(C(=O)NCc2ccnc(-c3cccnc3)c2)c1. The Morgan fingerprint density at radius 2 is 1.96 bits per heavy atom. The summed E-state index contributed by atoms with van der Waals surface area (Å²) in [6.07, 6.45) is 5.25. The second-order valence-corrected chi connectivity index (χ2v) is 5.92. The molecule has 0 saturated heterocycles. The van der Waals surface area contributed by atoms with Gasteiger partial charge >= 0.3 is 0 Å². The smallest absolute Gasteiger partial charge is 0.251 e. The van der Waals surface area contributed by atoms with Gasteiger partial charge in [0.2, 0.25) is 0 Å². The number of benzene rings is 1. The van der Waals surface area contributed by atoms with E-state index >= 15 is 0 Å². The Balaban J connectivity index is 1.69. The minimum Gasteiger partial charge on any atom is -0.378 e. The predicted molar refractivity (Wildman–Crippen MR) is 99.4 cm³/mol. The van der Waals surface area contributed by atoms with Crippen molar-refractivity contribution >= 4 is 11.6 Å². The minimum atomic E-state index is -0.0940. The lowest BCUT2D eigenvalue weighted by Gasteiger charge is -2.13. The summed E-state index contributed by atoms with van der Waals surface area (Å²) >= 11 is 0. The van der Waals surface area contributed by atoms with Crippen LogP contribution in [0.2, 0.25) is 0 Å². The van der Waals surface area contributed by atoms with E-state index in [1.165, 1.54) is 0 Å². The van der Waals surface area contributed by atoms with Gasteiger partial charge in [-0.15, -0.1) is 0 Å². The maximum atomic E-state index is 12.4. The number of amides is 1. The second-order valence-electron chi connectivity index (χ2n) is 5.92. The van der Waals surface area contributed by atoms with Crippen molar-refractivity contribution in [2.45, 2.75) is 6.54 Å². The first-order chi connectivity index (χ1) is 12.1. The molecule has 0 unspecified atom stereocenters. The van der Waals surface area contributed by atoms with Gasteiger partial charge < -0.3 is 10.2 Å². The molecule has 25 heavy (non-hydrogen) atoms. The van der Waals surface area contributed by atoms with E-state index in [1.54, 1.807) is 18.6 Å². The van der Waals surface area contributed by atoms with Gasteiger partial charge in [-0.25, -0.2) is 0 Å². The van der Waals surface area contributed by atoms with Crippen molar-refractivity contribution in [2.24, 2.45) is 0 Å². The molecule has 1 amide bonds. The van der Waals surface area contributed by atoms with Crippen LogP contribution in [0.3, 0.4) is 0 Å². The Labute approximate surface area is 147 Å². The van der Waals surface area contributed by atoms with Crippen LogP contribution in [-0.2, 0) is 6.54 Å². The number of anilines is 1. The van der Waals surface area contributed by atoms with Crippen LogP contribution in [0.15, 0.2) is 67.1 Å². The summed E-state index contributed by atoms with van der Waals surface area (Å²) < 4.78 is 0. The zero-order valence-corrected chi connectivity index (χ0v) is 14.3. The van der Waals surface area contributed by atoms with Gasteiger partial charge in [0.25, 0.3) is 5.91 Å². The average molecular weight is 332 g/mol. The molecule has 3 aromatic rings. The molecule has 0 atom stereocenters. The van der Waals surface area contributed by atoms with Crippen LogP contribution in [0.25, 0.3) is 11.3 Å². The highest BCUT2D eigenvalue weighted by Gasteiger charge is 2.08. The average Bonchev–Trinajstić information content (AvgIpc) is 2.67. The molecule has 1 N–H and O–H groups in total. The van der Waals surface area contributed by atoms with Gasteiger partial charge in [0.1, 0.15) is 0 Å². The van der Waals surface area contributed by atoms with Crippen molar-refractivity contribution in [3.8, 4) is 11.3 Å². The topological polar surface area (TPSA) is 58.1 Å². The van der Waals surface area contributed by atoms with E-state index in [9.17, 15) is 4.79 Å². The Kier molecular flexibility index (Phi) is 5.04. The zero-order chi connectivity index (χ0) is 17.6. The standard InChI is InChI=1S/C20H20N4O/c1-24(2)18-7-3-5-16(12-18)20(25)23-13-15-8-10-22-19(11-15)17-6-4-9-21-14-17/h3-12,14H,13H2,1-2H3,(H,23,25). The first-order valence-electron chi connectivity index (χ1n) is 8.04. The molecule has 0 fully saturated rings. The molecule has 5 heteroatoms. The molecule has 0 bridgehead atoms. The van der Waals surface area contributed by atoms with E-state index in [0.29, 0.717) is 12.1 Å². The van der Waals surface area contributed by atoms with Crippen LogP contribution in [0.1, 0.15) is 15.9 Å². The van der Waals surface area contributed by atoms with Crippen molar-refractivity contribution in [3.63, 3.8) is 0 Å². The summed E-state index contributed by atoms with van der Waals surface area (Å²) in [6.45, 7) is 0.445. The van der Waals surface area contributed by atoms with E-state index < -0.39 is 0 Å². The molecule has 3 rings (SSSR count). The van der Waals surface area contributed by atoms with Gasteiger partial charge in [0, 0.05) is 56.0 Å². The lowest BCUT2D eigenvalue weighted by Crippen LogP contribution is -2.23. The summed E-state index contributed by atoms with van der Waals surface area (Å²) in [5.74, 6) is -0.0940. The van der Waals surface area contributed by atoms with Crippen molar-refractivity contribution in [1.82, 2.24) is 15.3 Å². The number of hydrogen-bond donors (Lipinski definition) is 1. The largest absolute Gasteiger partial charge is 0.378 e. The molecule has 0 aliphatic heterocycles. The molecule has 2 aromatic heterocycles. The first-order valence-corrected chi connectivity index (χ1v) is 8.04. The molecule has 5 nitrogen and oxygen atoms in total. The summed E-state index contributed by atoms with van der Waals surface area (Å²) in [4.78, 5) is 22.8. The lowest BCUT2D eigenvalue weighted by molar-refractivity contribution is 0.0951. The van der Waals surface area contributed by atoms with Gasteiger partial charge in [-0.3, -0.25) is 14.8 Å². The highest BCUT2D eigenvalue weighted by molar-refractivity contribution is 5.95. The van der Waals surface area contributed by atoms with Crippen molar-refractivity contribution in [1.29, 1.82) is 0 Å². The highest BCUT2D eigenvalue weighted by atomic mass is 16.1. The highest BCUT2D eigenvalue weighted by Crippen LogP contribution is 2.17. The fraction of sp³-hybridized carbons (Fsp3) is 0.150. The third-order valence-corrected chi connectivity index (χ3v) is 3.86. The third-order valence-electron chi connectivity index (χ3n) is 3.86. The maximum absolute atomic E-state index is 12.4. The van der Waals surface area contributed by atoms with Gasteiger partial charge in [-0.2, -0.15) is 0 Å². The van der Waals surface area contributed by atoms with Crippen LogP contribution in [0, 0.1) is 0 Å². The molecule has 0 radical (unpaired) electrons. The maximum Gasteiger partial charge on any atom is 0.251 e. The van der Waals surface area contributed by atoms with E-state index in [0.717, 1.165) is 22.5 Å². The molecule has 126 valence electrons. The number of rotatable bonds is 5. The monoisotopic (exact) mass is 332 g/mol. The summed E-state index contributed by atoms with van der Waals surface area (Å²) in [7, 11) is 3.90. The molecular weight excluding hydrogens is 312 g/mol. The van der Waals surface area contributed by atoms with Gasteiger partial charge in [0.15, 0.2) is 0 Å². The van der Waals surface area contributed by atoms with Crippen molar-refractivity contribution < 1.29 is 4.79 Å². The molecule has 1 aromatic carbocycles. The zero-order valence-electron chi connectivity index (χ0n) is 14.3. The molecule has 0 aliphatic carbocycles. The fourth-order valence-electron chi connectivity index (χ4n) is 2.47. The van der Waals surface area contributed by atoms with Crippen LogP contribution in [-0.4, -0.2) is 30.0 Å². The van der Waals surface area contributed by atoms with E-state index in [-0.39, 0.29) is 5.91 Å². The number of nitrogens with zero attached hydrogens (tertiary/aromatic N) is 3. The lowest BCUT2D eigenvalue weighted by atomic mass is 10.1. The minimum absolute atomic E-state index is 0.0940. The summed E-state index contributed by atoms with van der Waals surface area (Å²) in [5, 5.41) is 2.96. The van der Waals surface area contributed by atoms with Crippen molar-refractivity contribution in [3.05, 3.63) is 78.2 Å². The van der Waals surface area contributed by atoms with E-state index in [4.69, 9.17) is 0 Å². The van der Waals surface area contributed by atoms with Gasteiger partial charge in [-0.1, -0.05) is 6.07 Å². The van der Waals surface area contributed by atoms with E-state index in [2.05, 4.69) is 15.3 Å². The van der Waals surface area contributed by atoms with E-state index in [1.807, 2.05) is 67.5 Å². The predicted octanol–water partition coefficient (Wildman–Crippen LogP) is 3.14. The van der Waals surface area contributed by atoms with Crippen LogP contribution in [0.5, 0.6) is 0 Å². The second kappa shape index (κ2) is 7.57. The normalized spacial score (nSPS) is 10.3. The van der Waals surface area contributed by atoms with Gasteiger partial charge in [0.05, 0.1) is 5.69 Å². The first kappa shape index (κ1) is 16.6. The summed E-state index contributed by atoms with van der Waals surface area (Å²) in [6, 6.07) is 15.3. The third kappa shape index (κ3) is 4.20. The fourth-order valence-corrected chi connectivity index (χ4v) is 2.47. The molecule has 2 heterocycles. The number of aromatic nitrogens is 2. The van der Waals surface area contributed by atoms with Gasteiger partial charge in [-0.05, 0) is 48.0 Å². The number of nitrogens with one attached hydrogen (secondary N) is 1.